The number of methoxy groups -OCH3 is 1. The number of aromatic nitrogens is 5. The van der Waals surface area contributed by atoms with Gasteiger partial charge in [0, 0.05) is 37.7 Å². The fourth-order valence-electron chi connectivity index (χ4n) is 3.48. The summed E-state index contributed by atoms with van der Waals surface area (Å²) in [6.07, 6.45) is -2.06. The number of anilines is 1. The normalized spacial score (nSPS) is 11.4. The van der Waals surface area contributed by atoms with E-state index in [2.05, 4.69) is 25.4 Å². The van der Waals surface area contributed by atoms with Crippen LogP contribution in [0.3, 0.4) is 0 Å². The Hall–Kier alpha value is -5.94. The molecule has 18 heteroatoms. The number of carboxylic acid groups (broad SMARTS) is 1. The summed E-state index contributed by atoms with van der Waals surface area (Å²) in [6.45, 7) is -0.151. The molecule has 2 aromatic heterocycles. The van der Waals surface area contributed by atoms with Crippen molar-refractivity contribution in [1.82, 2.24) is 29.6 Å². The molecule has 1 unspecified atom stereocenters. The van der Waals surface area contributed by atoms with Crippen molar-refractivity contribution in [3.05, 3.63) is 88.4 Å². The van der Waals surface area contributed by atoms with Crippen LogP contribution in [0.5, 0.6) is 11.5 Å². The van der Waals surface area contributed by atoms with Crippen LogP contribution in [0.1, 0.15) is 23.0 Å². The summed E-state index contributed by atoms with van der Waals surface area (Å²) >= 11 is 0. The third-order valence-electron chi connectivity index (χ3n) is 5.77. The van der Waals surface area contributed by atoms with Crippen LogP contribution in [-0.4, -0.2) is 86.4 Å². The van der Waals surface area contributed by atoms with Crippen molar-refractivity contribution in [2.75, 3.05) is 33.1 Å². The molecule has 0 saturated heterocycles. The molecule has 0 aliphatic heterocycles. The van der Waals surface area contributed by atoms with E-state index in [1.807, 2.05) is 0 Å². The number of carbonyl (C=O) groups excluding carboxylic acids is 1. The number of halogens is 3. The molecule has 0 saturated carbocycles. The number of hydrogen-bond acceptors (Lipinski definition) is 10. The standard InChI is InChI=1S/C25H27N9O4.C2HF3O2/c1-33(2)20(35)14-38-18-10-7-16(13-19(18)37-3)21(30-17-8-5-15(6-9-17)22(26)27)23-31-25(36)34(32-23)24-28-11-4-12-29-24;3-2(4,5)1(6)7/h4-13,21,30H,14H2,1-3H3,(H3,26,27)(H,31,32,36);(H,6,7). The lowest BCUT2D eigenvalue weighted by molar-refractivity contribution is -0.192. The second kappa shape index (κ2) is 14.5. The lowest BCUT2D eigenvalue weighted by Crippen LogP contribution is -2.27. The quantitative estimate of drug-likeness (QED) is 0.126. The van der Waals surface area contributed by atoms with Crippen molar-refractivity contribution in [3.63, 3.8) is 0 Å². The van der Waals surface area contributed by atoms with Gasteiger partial charge in [0.1, 0.15) is 11.9 Å². The van der Waals surface area contributed by atoms with Gasteiger partial charge in [-0.1, -0.05) is 6.07 Å². The molecule has 15 nitrogen and oxygen atoms in total. The monoisotopic (exact) mass is 631 g/mol. The van der Waals surface area contributed by atoms with Gasteiger partial charge in [-0.15, -0.1) is 9.78 Å². The Labute approximate surface area is 252 Å². The number of H-pyrrole nitrogens is 1. The molecule has 0 bridgehead atoms. The van der Waals surface area contributed by atoms with Gasteiger partial charge in [-0.3, -0.25) is 15.2 Å². The first-order chi connectivity index (χ1) is 21.2. The Morgan fingerprint density at radius 2 is 1.76 bits per heavy atom. The number of nitrogens with two attached hydrogens (primary N) is 1. The molecule has 238 valence electrons. The Morgan fingerprint density at radius 1 is 1.13 bits per heavy atom. The third kappa shape index (κ3) is 9.02. The zero-order chi connectivity index (χ0) is 33.3. The molecule has 4 rings (SSSR count). The molecule has 0 radical (unpaired) electrons. The zero-order valence-electron chi connectivity index (χ0n) is 24.0. The second-order valence-corrected chi connectivity index (χ2v) is 9.13. The molecular weight excluding hydrogens is 603 g/mol. The SMILES string of the molecule is COc1cc(C(Nc2ccc(C(=N)N)cc2)c2nn(-c3ncccn3)c(=O)[nH]2)ccc1OCC(=O)N(C)C.O=C(O)C(F)(F)F. The number of amides is 1. The Kier molecular flexibility index (Phi) is 10.8. The molecule has 1 atom stereocenters. The minimum Gasteiger partial charge on any atom is -0.493 e. The summed E-state index contributed by atoms with van der Waals surface area (Å²) in [7, 11) is 4.78. The van der Waals surface area contributed by atoms with Crippen molar-refractivity contribution in [3.8, 4) is 17.4 Å². The number of nitrogens with zero attached hydrogens (tertiary/aromatic N) is 5. The van der Waals surface area contributed by atoms with E-state index in [0.717, 1.165) is 4.68 Å². The zero-order valence-corrected chi connectivity index (χ0v) is 24.0. The number of carboxylic acids is 1. The van der Waals surface area contributed by atoms with Crippen molar-refractivity contribution in [2.45, 2.75) is 12.2 Å². The summed E-state index contributed by atoms with van der Waals surface area (Å²) in [4.78, 5) is 46.0. The average Bonchev–Trinajstić information content (AvgIpc) is 3.40. The van der Waals surface area contributed by atoms with E-state index in [1.165, 1.54) is 24.4 Å². The van der Waals surface area contributed by atoms with E-state index in [1.54, 1.807) is 62.6 Å². The average molecular weight is 632 g/mol. The lowest BCUT2D eigenvalue weighted by Gasteiger charge is -2.20. The lowest BCUT2D eigenvalue weighted by atomic mass is 10.0. The number of rotatable bonds is 10. The number of aromatic amines is 1. The molecule has 0 spiro atoms. The van der Waals surface area contributed by atoms with Crippen LogP contribution in [0, 0.1) is 5.41 Å². The predicted molar refractivity (Wildman–Crippen MR) is 154 cm³/mol. The maximum absolute atomic E-state index is 12.7. The molecule has 2 heterocycles. The highest BCUT2D eigenvalue weighted by atomic mass is 19.4. The maximum atomic E-state index is 12.7. The first-order valence-corrected chi connectivity index (χ1v) is 12.7. The topological polar surface area (TPSA) is 214 Å². The van der Waals surface area contributed by atoms with Crippen LogP contribution in [0.15, 0.2) is 65.7 Å². The van der Waals surface area contributed by atoms with Gasteiger partial charge in [0.25, 0.3) is 11.9 Å². The van der Waals surface area contributed by atoms with Crippen LogP contribution in [0.4, 0.5) is 18.9 Å². The number of alkyl halides is 3. The smallest absolute Gasteiger partial charge is 0.490 e. The molecular formula is C27H28F3N9O6. The summed E-state index contributed by atoms with van der Waals surface area (Å²) < 4.78 is 44.0. The van der Waals surface area contributed by atoms with Gasteiger partial charge in [0.05, 0.1) is 7.11 Å². The van der Waals surface area contributed by atoms with Crippen LogP contribution in [0.2, 0.25) is 0 Å². The van der Waals surface area contributed by atoms with Gasteiger partial charge in [0.15, 0.2) is 23.9 Å². The van der Waals surface area contributed by atoms with E-state index in [-0.39, 0.29) is 30.1 Å². The van der Waals surface area contributed by atoms with Crippen LogP contribution < -0.4 is 26.2 Å². The number of carbonyl (C=O) groups is 2. The molecule has 0 aliphatic rings. The van der Waals surface area contributed by atoms with Crippen molar-refractivity contribution in [1.29, 1.82) is 5.41 Å². The van der Waals surface area contributed by atoms with Crippen LogP contribution in [0.25, 0.3) is 5.95 Å². The summed E-state index contributed by atoms with van der Waals surface area (Å²) in [5.41, 5.74) is 6.99. The molecule has 2 aromatic carbocycles. The molecule has 0 aliphatic carbocycles. The molecule has 1 amide bonds. The first kappa shape index (κ1) is 33.6. The molecule has 0 fully saturated rings. The number of ether oxygens (including phenoxy) is 2. The fraction of sp³-hybridized carbons (Fsp3) is 0.222. The van der Waals surface area contributed by atoms with Crippen LogP contribution >= 0.6 is 0 Å². The number of benzene rings is 2. The number of likely N-dealkylation sites (N-methyl/N-ethyl adjacent to an activating group) is 1. The molecule has 6 N–H and O–H groups in total. The summed E-state index contributed by atoms with van der Waals surface area (Å²) in [5.74, 6) is -1.82. The van der Waals surface area contributed by atoms with E-state index in [9.17, 15) is 22.8 Å². The van der Waals surface area contributed by atoms with Gasteiger partial charge in [-0.05, 0) is 48.0 Å². The highest BCUT2D eigenvalue weighted by molar-refractivity contribution is 5.95. The summed E-state index contributed by atoms with van der Waals surface area (Å²) in [6, 6.07) is 13.1. The maximum Gasteiger partial charge on any atom is 0.490 e. The largest absolute Gasteiger partial charge is 0.493 e. The summed E-state index contributed by atoms with van der Waals surface area (Å²) in [5, 5.41) is 22.5. The van der Waals surface area contributed by atoms with Gasteiger partial charge < -0.3 is 30.5 Å². The molecule has 45 heavy (non-hydrogen) atoms. The molecule has 4 aromatic rings. The number of hydrogen-bond donors (Lipinski definition) is 5. The van der Waals surface area contributed by atoms with Gasteiger partial charge >= 0.3 is 17.8 Å². The van der Waals surface area contributed by atoms with Gasteiger partial charge in [-0.2, -0.15) is 13.2 Å². The number of aliphatic carboxylic acids is 1. The number of amidine groups is 1. The third-order valence-corrected chi connectivity index (χ3v) is 5.77. The number of nitrogen functional groups attached to an aromatic ring is 1. The van der Waals surface area contributed by atoms with E-state index in [4.69, 9.17) is 30.5 Å². The van der Waals surface area contributed by atoms with E-state index >= 15 is 0 Å². The fourth-order valence-corrected chi connectivity index (χ4v) is 3.48. The Balaban J connectivity index is 0.000000707. The van der Waals surface area contributed by atoms with Crippen molar-refractivity contribution in [2.24, 2.45) is 5.73 Å². The predicted octanol–water partition coefficient (Wildman–Crippen LogP) is 1.95. The Morgan fingerprint density at radius 3 is 2.29 bits per heavy atom. The van der Waals surface area contributed by atoms with Gasteiger partial charge in [0.2, 0.25) is 0 Å². The Bertz CT molecular complexity index is 1690. The van der Waals surface area contributed by atoms with Gasteiger partial charge in [-0.25, -0.2) is 19.6 Å². The van der Waals surface area contributed by atoms with Crippen molar-refractivity contribution < 1.29 is 37.3 Å². The van der Waals surface area contributed by atoms with E-state index < -0.39 is 23.9 Å². The minimum atomic E-state index is -5.08. The minimum absolute atomic E-state index is 0.0490. The number of nitrogens with one attached hydrogen (secondary N) is 3. The van der Waals surface area contributed by atoms with Crippen LogP contribution in [-0.2, 0) is 9.59 Å². The van der Waals surface area contributed by atoms with E-state index in [0.29, 0.717) is 28.3 Å². The highest BCUT2D eigenvalue weighted by Gasteiger charge is 2.38. The first-order valence-electron chi connectivity index (χ1n) is 12.7. The second-order valence-electron chi connectivity index (χ2n) is 9.13. The highest BCUT2D eigenvalue weighted by Crippen LogP contribution is 2.33. The van der Waals surface area contributed by atoms with Crippen molar-refractivity contribution >= 4 is 23.4 Å².